The predicted octanol–water partition coefficient (Wildman–Crippen LogP) is 13.3. The van der Waals surface area contributed by atoms with Gasteiger partial charge in [-0.05, 0) is 32.1 Å². The molecule has 1 N–H and O–H groups in total. The van der Waals surface area contributed by atoms with E-state index < -0.39 is 5.97 Å². The Labute approximate surface area is 269 Å². The summed E-state index contributed by atoms with van der Waals surface area (Å²) in [5, 5.41) is 8.64. The number of ether oxygens (including phenoxy) is 1. The Morgan fingerprint density at radius 1 is 0.442 bits per heavy atom. The Morgan fingerprint density at radius 3 is 1.07 bits per heavy atom. The van der Waals surface area contributed by atoms with Crippen LogP contribution in [0.25, 0.3) is 0 Å². The van der Waals surface area contributed by atoms with Gasteiger partial charge in [-0.25, -0.2) is 0 Å². The third kappa shape index (κ3) is 35.3. The van der Waals surface area contributed by atoms with E-state index in [1.807, 2.05) is 0 Å². The molecule has 1 atom stereocenters. The molecule has 0 saturated heterocycles. The van der Waals surface area contributed by atoms with Crippen molar-refractivity contribution in [3.05, 3.63) is 0 Å². The highest BCUT2D eigenvalue weighted by Gasteiger charge is 2.12. The van der Waals surface area contributed by atoms with Crippen LogP contribution < -0.4 is 0 Å². The lowest BCUT2D eigenvalue weighted by atomic mass is 10.0. The molecule has 0 fully saturated rings. The Kier molecular flexibility index (Phi) is 34.5. The number of rotatable bonds is 36. The lowest BCUT2D eigenvalue weighted by Gasteiger charge is -2.16. The van der Waals surface area contributed by atoms with Crippen LogP contribution in [0.2, 0.25) is 0 Å². The molecule has 0 heterocycles. The van der Waals surface area contributed by atoms with Gasteiger partial charge in [0.25, 0.3) is 0 Å². The average molecular weight is 609 g/mol. The monoisotopic (exact) mass is 609 g/mol. The fourth-order valence-electron chi connectivity index (χ4n) is 6.18. The van der Waals surface area contributed by atoms with Gasteiger partial charge in [0.05, 0.1) is 0 Å². The molecule has 0 aliphatic heterocycles. The van der Waals surface area contributed by atoms with Gasteiger partial charge in [-0.15, -0.1) is 0 Å². The van der Waals surface area contributed by atoms with Crippen molar-refractivity contribution in [1.82, 2.24) is 0 Å². The second-order valence-corrected chi connectivity index (χ2v) is 13.5. The second kappa shape index (κ2) is 35.4. The molecule has 0 amide bonds. The van der Waals surface area contributed by atoms with Gasteiger partial charge >= 0.3 is 11.9 Å². The molecule has 256 valence electrons. The molecular formula is C39H76O4. The minimum atomic E-state index is -0.660. The lowest BCUT2D eigenvalue weighted by molar-refractivity contribution is -0.149. The molecular weight excluding hydrogens is 532 g/mol. The largest absolute Gasteiger partial charge is 0.481 e. The zero-order valence-corrected chi connectivity index (χ0v) is 29.3. The molecule has 0 aromatic heterocycles. The lowest BCUT2D eigenvalue weighted by Crippen LogP contribution is -2.17. The van der Waals surface area contributed by atoms with Crippen molar-refractivity contribution in [3.8, 4) is 0 Å². The number of carboxylic acid groups (broad SMARTS) is 1. The number of hydrogen-bond donors (Lipinski definition) is 1. The van der Waals surface area contributed by atoms with E-state index in [9.17, 15) is 9.59 Å². The summed E-state index contributed by atoms with van der Waals surface area (Å²) in [5.41, 5.74) is 0. The van der Waals surface area contributed by atoms with Gasteiger partial charge in [-0.1, -0.05) is 187 Å². The third-order valence-corrected chi connectivity index (χ3v) is 9.15. The molecule has 0 aromatic rings. The van der Waals surface area contributed by atoms with Gasteiger partial charge in [-0.2, -0.15) is 0 Å². The second-order valence-electron chi connectivity index (χ2n) is 13.5. The van der Waals surface area contributed by atoms with Crippen molar-refractivity contribution in [1.29, 1.82) is 0 Å². The van der Waals surface area contributed by atoms with Crippen molar-refractivity contribution < 1.29 is 19.4 Å². The maximum Gasteiger partial charge on any atom is 0.306 e. The SMILES string of the molecule is CCCCCCCCCCCCCCC(=O)OC(CC)CCCCCCCCCCCCCCCCCCCCC(=O)O. The van der Waals surface area contributed by atoms with Crippen LogP contribution in [0.1, 0.15) is 232 Å². The molecule has 0 saturated carbocycles. The number of esters is 1. The van der Waals surface area contributed by atoms with Crippen LogP contribution in [0.3, 0.4) is 0 Å². The summed E-state index contributed by atoms with van der Waals surface area (Å²) in [5.74, 6) is -0.631. The fraction of sp³-hybridized carbons (Fsp3) is 0.949. The first-order valence-electron chi connectivity index (χ1n) is 19.5. The van der Waals surface area contributed by atoms with E-state index in [1.165, 1.54) is 173 Å². The number of hydrogen-bond acceptors (Lipinski definition) is 3. The first-order valence-corrected chi connectivity index (χ1v) is 19.5. The van der Waals surface area contributed by atoms with Crippen LogP contribution in [-0.2, 0) is 14.3 Å². The van der Waals surface area contributed by atoms with Crippen LogP contribution in [0.4, 0.5) is 0 Å². The van der Waals surface area contributed by atoms with E-state index >= 15 is 0 Å². The molecule has 4 heteroatoms. The number of unbranched alkanes of at least 4 members (excludes halogenated alkanes) is 28. The molecule has 0 spiro atoms. The standard InChI is InChI=1S/C39H76O4/c1-3-5-6-7-8-9-10-21-24-27-30-33-36-39(42)43-37(4-2)34-31-28-25-22-19-17-15-13-11-12-14-16-18-20-23-26-29-32-35-38(40)41/h37H,3-36H2,1-2H3,(H,40,41). The van der Waals surface area contributed by atoms with Crippen LogP contribution in [-0.4, -0.2) is 23.1 Å². The number of carbonyl (C=O) groups is 2. The molecule has 1 unspecified atom stereocenters. The molecule has 0 aliphatic carbocycles. The van der Waals surface area contributed by atoms with E-state index in [0.29, 0.717) is 12.8 Å². The minimum absolute atomic E-state index is 0.0284. The molecule has 0 aliphatic rings. The Bertz CT molecular complexity index is 576. The van der Waals surface area contributed by atoms with Crippen LogP contribution in [0.5, 0.6) is 0 Å². The zero-order valence-electron chi connectivity index (χ0n) is 29.3. The number of carboxylic acids is 1. The summed E-state index contributed by atoms with van der Waals surface area (Å²) < 4.78 is 5.79. The van der Waals surface area contributed by atoms with E-state index in [4.69, 9.17) is 9.84 Å². The molecule has 0 radical (unpaired) electrons. The molecule has 4 nitrogen and oxygen atoms in total. The zero-order chi connectivity index (χ0) is 31.5. The summed E-state index contributed by atoms with van der Waals surface area (Å²) in [4.78, 5) is 22.8. The number of aliphatic carboxylic acids is 1. The minimum Gasteiger partial charge on any atom is -0.481 e. The smallest absolute Gasteiger partial charge is 0.306 e. The summed E-state index contributed by atoms with van der Waals surface area (Å²) in [7, 11) is 0. The van der Waals surface area contributed by atoms with Crippen LogP contribution >= 0.6 is 0 Å². The van der Waals surface area contributed by atoms with E-state index in [2.05, 4.69) is 13.8 Å². The van der Waals surface area contributed by atoms with Gasteiger partial charge in [0, 0.05) is 12.8 Å². The summed E-state index contributed by atoms with van der Waals surface area (Å²) in [6.07, 6.45) is 42.2. The topological polar surface area (TPSA) is 63.6 Å². The molecule has 0 bridgehead atoms. The Hall–Kier alpha value is -1.06. The van der Waals surface area contributed by atoms with Gasteiger partial charge in [0.1, 0.15) is 6.10 Å². The van der Waals surface area contributed by atoms with Crippen molar-refractivity contribution in [2.75, 3.05) is 0 Å². The highest BCUT2D eigenvalue weighted by Crippen LogP contribution is 2.17. The van der Waals surface area contributed by atoms with Crippen LogP contribution in [0.15, 0.2) is 0 Å². The van der Waals surface area contributed by atoms with Crippen molar-refractivity contribution in [2.45, 2.75) is 238 Å². The molecule has 0 aromatic carbocycles. The summed E-state index contributed by atoms with van der Waals surface area (Å²) in [6, 6.07) is 0. The maximum absolute atomic E-state index is 12.3. The summed E-state index contributed by atoms with van der Waals surface area (Å²) >= 11 is 0. The van der Waals surface area contributed by atoms with Gasteiger partial charge in [0.15, 0.2) is 0 Å². The molecule has 43 heavy (non-hydrogen) atoms. The van der Waals surface area contributed by atoms with E-state index in [-0.39, 0.29) is 12.1 Å². The van der Waals surface area contributed by atoms with E-state index in [1.54, 1.807) is 0 Å². The van der Waals surface area contributed by atoms with Crippen molar-refractivity contribution in [3.63, 3.8) is 0 Å². The molecule has 0 rings (SSSR count). The maximum atomic E-state index is 12.3. The highest BCUT2D eigenvalue weighted by molar-refractivity contribution is 5.69. The average Bonchev–Trinajstić information content (AvgIpc) is 2.99. The first-order chi connectivity index (χ1) is 21.1. The normalized spacial score (nSPS) is 12.0. The van der Waals surface area contributed by atoms with E-state index in [0.717, 1.165) is 32.1 Å². The summed E-state index contributed by atoms with van der Waals surface area (Å²) in [6.45, 7) is 4.43. The van der Waals surface area contributed by atoms with Crippen molar-refractivity contribution >= 4 is 11.9 Å². The van der Waals surface area contributed by atoms with Crippen molar-refractivity contribution in [2.24, 2.45) is 0 Å². The predicted molar refractivity (Wildman–Crippen MR) is 186 cm³/mol. The quantitative estimate of drug-likeness (QED) is 0.0567. The van der Waals surface area contributed by atoms with Gasteiger partial charge < -0.3 is 9.84 Å². The Morgan fingerprint density at radius 2 is 0.744 bits per heavy atom. The third-order valence-electron chi connectivity index (χ3n) is 9.15. The fourth-order valence-corrected chi connectivity index (χ4v) is 6.18. The first kappa shape index (κ1) is 41.9. The van der Waals surface area contributed by atoms with Gasteiger partial charge in [0.2, 0.25) is 0 Å². The Balaban J connectivity index is 3.36. The number of carbonyl (C=O) groups excluding carboxylic acids is 1. The van der Waals surface area contributed by atoms with Crippen LogP contribution in [0, 0.1) is 0 Å². The highest BCUT2D eigenvalue weighted by atomic mass is 16.5. The van der Waals surface area contributed by atoms with Gasteiger partial charge in [-0.3, -0.25) is 9.59 Å².